The first-order chi connectivity index (χ1) is 11.6. The number of para-hydroxylation sites is 1. The van der Waals surface area contributed by atoms with E-state index < -0.39 is 0 Å². The number of thiazole rings is 1. The zero-order valence-corrected chi connectivity index (χ0v) is 14.2. The molecule has 0 spiro atoms. The molecule has 0 aliphatic rings. The molecule has 2 aromatic carbocycles. The number of aromatic nitrogens is 2. The first-order valence-corrected chi connectivity index (χ1v) is 8.36. The predicted octanol–water partition coefficient (Wildman–Crippen LogP) is 4.69. The average Bonchev–Trinajstić information content (AvgIpc) is 3.18. The molecule has 4 rings (SSSR count). The summed E-state index contributed by atoms with van der Waals surface area (Å²) in [4.78, 5) is 19.9. The number of halogens is 1. The minimum atomic E-state index is -0.256. The van der Waals surface area contributed by atoms with Crippen LogP contribution in [0.15, 0.2) is 42.5 Å². The molecule has 5 nitrogen and oxygen atoms in total. The molecule has 2 heterocycles. The molecular formula is C17H12ClN3O2S. The summed E-state index contributed by atoms with van der Waals surface area (Å²) >= 11 is 7.53. The van der Waals surface area contributed by atoms with Gasteiger partial charge >= 0.3 is 0 Å². The molecule has 2 aromatic heterocycles. The van der Waals surface area contributed by atoms with Crippen molar-refractivity contribution in [1.82, 2.24) is 9.97 Å². The monoisotopic (exact) mass is 357 g/mol. The Kier molecular flexibility index (Phi) is 3.63. The van der Waals surface area contributed by atoms with E-state index in [4.69, 9.17) is 16.3 Å². The lowest BCUT2D eigenvalue weighted by molar-refractivity contribution is 0.102. The number of amides is 1. The van der Waals surface area contributed by atoms with Crippen molar-refractivity contribution < 1.29 is 9.53 Å². The maximum Gasteiger partial charge on any atom is 0.273 e. The summed E-state index contributed by atoms with van der Waals surface area (Å²) in [6.07, 6.45) is 0. The number of methoxy groups -OCH3 is 1. The van der Waals surface area contributed by atoms with Crippen LogP contribution >= 0.6 is 22.9 Å². The van der Waals surface area contributed by atoms with Gasteiger partial charge < -0.3 is 9.72 Å². The number of fused-ring (bicyclic) bond motifs is 2. The second-order valence-corrected chi connectivity index (χ2v) is 6.63. The number of ether oxygens (including phenoxy) is 1. The zero-order valence-electron chi connectivity index (χ0n) is 12.6. The van der Waals surface area contributed by atoms with Crippen molar-refractivity contribution >= 4 is 55.1 Å². The highest BCUT2D eigenvalue weighted by Crippen LogP contribution is 2.30. The Labute approximate surface area is 146 Å². The van der Waals surface area contributed by atoms with Crippen LogP contribution in [0.25, 0.3) is 21.1 Å². The number of hydrogen-bond donors (Lipinski definition) is 2. The van der Waals surface area contributed by atoms with Gasteiger partial charge in [0.25, 0.3) is 5.91 Å². The summed E-state index contributed by atoms with van der Waals surface area (Å²) < 4.78 is 6.15. The molecule has 0 saturated carbocycles. The maximum absolute atomic E-state index is 12.5. The van der Waals surface area contributed by atoms with Crippen molar-refractivity contribution in [3.05, 3.63) is 53.2 Å². The van der Waals surface area contributed by atoms with Crippen LogP contribution in [0, 0.1) is 0 Å². The first kappa shape index (κ1) is 15.0. The van der Waals surface area contributed by atoms with Crippen LogP contribution in [0.5, 0.6) is 5.75 Å². The third-order valence-electron chi connectivity index (χ3n) is 3.67. The number of nitrogens with zero attached hydrogens (tertiary/aromatic N) is 1. The smallest absolute Gasteiger partial charge is 0.273 e. The largest absolute Gasteiger partial charge is 0.497 e. The molecule has 0 unspecified atom stereocenters. The summed E-state index contributed by atoms with van der Waals surface area (Å²) in [5, 5.41) is 4.83. The quantitative estimate of drug-likeness (QED) is 0.559. The van der Waals surface area contributed by atoms with Crippen LogP contribution in [0.3, 0.4) is 0 Å². The number of carbonyl (C=O) groups is 1. The van der Waals surface area contributed by atoms with E-state index in [0.29, 0.717) is 15.8 Å². The Morgan fingerprint density at radius 3 is 2.96 bits per heavy atom. The lowest BCUT2D eigenvalue weighted by Crippen LogP contribution is -2.11. The van der Waals surface area contributed by atoms with Crippen molar-refractivity contribution in [1.29, 1.82) is 0 Å². The van der Waals surface area contributed by atoms with Gasteiger partial charge in [0.2, 0.25) is 0 Å². The Morgan fingerprint density at radius 1 is 1.29 bits per heavy atom. The number of carbonyl (C=O) groups excluding carboxylic acids is 1. The molecule has 120 valence electrons. The van der Waals surface area contributed by atoms with Crippen LogP contribution in [0.2, 0.25) is 5.02 Å². The zero-order chi connectivity index (χ0) is 16.7. The SMILES string of the molecule is COc1ccc2nc(NC(=O)c3cc4cccc(Cl)c4[nH]3)sc2c1. The predicted molar refractivity (Wildman–Crippen MR) is 97.4 cm³/mol. The average molecular weight is 358 g/mol. The topological polar surface area (TPSA) is 67.0 Å². The molecule has 0 saturated heterocycles. The second kappa shape index (κ2) is 5.81. The molecule has 4 aromatic rings. The summed E-state index contributed by atoms with van der Waals surface area (Å²) in [6.45, 7) is 0. The third-order valence-corrected chi connectivity index (χ3v) is 4.91. The molecular weight excluding hydrogens is 346 g/mol. The van der Waals surface area contributed by atoms with Gasteiger partial charge in [-0.3, -0.25) is 10.1 Å². The highest BCUT2D eigenvalue weighted by molar-refractivity contribution is 7.22. The molecule has 7 heteroatoms. The van der Waals surface area contributed by atoms with Crippen LogP contribution in [0.4, 0.5) is 5.13 Å². The lowest BCUT2D eigenvalue weighted by Gasteiger charge is -1.97. The van der Waals surface area contributed by atoms with E-state index in [1.54, 1.807) is 19.2 Å². The second-order valence-electron chi connectivity index (χ2n) is 5.19. The van der Waals surface area contributed by atoms with Gasteiger partial charge in [-0.15, -0.1) is 0 Å². The molecule has 0 fully saturated rings. The number of aromatic amines is 1. The van der Waals surface area contributed by atoms with Gasteiger partial charge in [0, 0.05) is 5.39 Å². The van der Waals surface area contributed by atoms with Gasteiger partial charge in [0.05, 0.1) is 27.9 Å². The van der Waals surface area contributed by atoms with Gasteiger partial charge in [-0.2, -0.15) is 0 Å². The number of hydrogen-bond acceptors (Lipinski definition) is 4. The van der Waals surface area contributed by atoms with Crippen LogP contribution < -0.4 is 10.1 Å². The number of H-pyrrole nitrogens is 1. The highest BCUT2D eigenvalue weighted by Gasteiger charge is 2.13. The van der Waals surface area contributed by atoms with Gasteiger partial charge in [-0.1, -0.05) is 35.1 Å². The minimum Gasteiger partial charge on any atom is -0.497 e. The van der Waals surface area contributed by atoms with Gasteiger partial charge in [-0.25, -0.2) is 4.98 Å². The Morgan fingerprint density at radius 2 is 2.17 bits per heavy atom. The molecule has 0 radical (unpaired) electrons. The number of rotatable bonds is 3. The van der Waals surface area contributed by atoms with Gasteiger partial charge in [0.1, 0.15) is 11.4 Å². The third kappa shape index (κ3) is 2.60. The Hall–Kier alpha value is -2.57. The van der Waals surface area contributed by atoms with E-state index >= 15 is 0 Å². The minimum absolute atomic E-state index is 0.256. The standard InChI is InChI=1S/C17H12ClN3O2S/c1-23-10-5-6-12-14(8-10)24-17(20-12)21-16(22)13-7-9-3-2-4-11(18)15(9)19-13/h2-8,19H,1H3,(H,20,21,22). The van der Waals surface area contributed by atoms with Gasteiger partial charge in [0.15, 0.2) is 5.13 Å². The normalized spacial score (nSPS) is 11.1. The Bertz CT molecular complexity index is 1070. The van der Waals surface area contributed by atoms with E-state index in [1.165, 1.54) is 11.3 Å². The van der Waals surface area contributed by atoms with Crippen molar-refractivity contribution in [2.45, 2.75) is 0 Å². The van der Waals surface area contributed by atoms with Crippen molar-refractivity contribution in [2.75, 3.05) is 12.4 Å². The molecule has 1 amide bonds. The summed E-state index contributed by atoms with van der Waals surface area (Å²) in [5.41, 5.74) is 2.00. The maximum atomic E-state index is 12.5. The molecule has 2 N–H and O–H groups in total. The summed E-state index contributed by atoms with van der Waals surface area (Å²) in [7, 11) is 1.62. The van der Waals surface area contributed by atoms with Crippen LogP contribution in [0.1, 0.15) is 10.5 Å². The summed E-state index contributed by atoms with van der Waals surface area (Å²) in [6, 6.07) is 12.9. The lowest BCUT2D eigenvalue weighted by atomic mass is 10.2. The fourth-order valence-corrected chi connectivity index (χ4v) is 3.61. The van der Waals surface area contributed by atoms with Crippen molar-refractivity contribution in [3.8, 4) is 5.75 Å². The molecule has 24 heavy (non-hydrogen) atoms. The van der Waals surface area contributed by atoms with E-state index in [2.05, 4.69) is 15.3 Å². The molecule has 0 aliphatic heterocycles. The Balaban J connectivity index is 1.64. The van der Waals surface area contributed by atoms with Crippen LogP contribution in [-0.4, -0.2) is 23.0 Å². The molecule has 0 bridgehead atoms. The number of nitrogens with one attached hydrogen (secondary N) is 2. The van der Waals surface area contributed by atoms with Crippen molar-refractivity contribution in [2.24, 2.45) is 0 Å². The van der Waals surface area contributed by atoms with E-state index in [0.717, 1.165) is 26.9 Å². The fourth-order valence-electron chi connectivity index (χ4n) is 2.49. The van der Waals surface area contributed by atoms with Crippen LogP contribution in [-0.2, 0) is 0 Å². The van der Waals surface area contributed by atoms with E-state index in [-0.39, 0.29) is 5.91 Å². The van der Waals surface area contributed by atoms with Crippen molar-refractivity contribution in [3.63, 3.8) is 0 Å². The first-order valence-electron chi connectivity index (χ1n) is 7.17. The van der Waals surface area contributed by atoms with E-state index in [9.17, 15) is 4.79 Å². The number of anilines is 1. The fraction of sp³-hybridized carbons (Fsp3) is 0.0588. The van der Waals surface area contributed by atoms with Gasteiger partial charge in [-0.05, 0) is 30.3 Å². The molecule has 0 atom stereocenters. The highest BCUT2D eigenvalue weighted by atomic mass is 35.5. The summed E-state index contributed by atoms with van der Waals surface area (Å²) in [5.74, 6) is 0.502. The van der Waals surface area contributed by atoms with E-state index in [1.807, 2.05) is 30.3 Å². The molecule has 0 aliphatic carbocycles. The number of benzene rings is 2.